The first-order chi connectivity index (χ1) is 12.2. The first-order valence-electron chi connectivity index (χ1n) is 8.24. The minimum Gasteiger partial charge on any atom is -0.465 e. The lowest BCUT2D eigenvalue weighted by atomic mass is 10.2. The van der Waals surface area contributed by atoms with Gasteiger partial charge in [0.15, 0.2) is 0 Å². The Morgan fingerprint density at radius 3 is 2.68 bits per heavy atom. The van der Waals surface area contributed by atoms with Gasteiger partial charge in [0.1, 0.15) is 11.5 Å². The number of carbonyl (C=O) groups excluding carboxylic acids is 2. The van der Waals surface area contributed by atoms with Crippen molar-refractivity contribution in [1.82, 2.24) is 10.6 Å². The van der Waals surface area contributed by atoms with Crippen LogP contribution in [0.2, 0.25) is 0 Å². The predicted molar refractivity (Wildman–Crippen MR) is 92.6 cm³/mol. The minimum atomic E-state index is -0.379. The smallest absolute Gasteiger partial charge is 0.268 e. The molecular formula is C19H20N2O4. The third-order valence-corrected chi connectivity index (χ3v) is 3.87. The standard InChI is InChI=1S/C19H20N2O4/c22-18(14-6-2-1-3-7-14)21-17(12-15-8-4-10-24-15)19(23)20-13-16-9-5-11-25-16/h1-4,6-8,10,12,16H,5,9,11,13H2,(H,20,23)(H,21,22)/b17-12+/t16-/m0/s1. The summed E-state index contributed by atoms with van der Waals surface area (Å²) < 4.78 is 10.7. The van der Waals surface area contributed by atoms with Crippen molar-refractivity contribution in [3.8, 4) is 0 Å². The fraction of sp³-hybridized carbons (Fsp3) is 0.263. The van der Waals surface area contributed by atoms with Crippen LogP contribution in [0.1, 0.15) is 29.0 Å². The van der Waals surface area contributed by atoms with E-state index in [0.717, 1.165) is 19.4 Å². The molecule has 1 fully saturated rings. The number of ether oxygens (including phenoxy) is 1. The van der Waals surface area contributed by atoms with Crippen molar-refractivity contribution in [3.05, 3.63) is 65.7 Å². The molecule has 130 valence electrons. The topological polar surface area (TPSA) is 80.6 Å². The summed E-state index contributed by atoms with van der Waals surface area (Å²) in [6, 6.07) is 12.2. The van der Waals surface area contributed by atoms with Crippen LogP contribution >= 0.6 is 0 Å². The molecule has 1 aliphatic rings. The van der Waals surface area contributed by atoms with Gasteiger partial charge in [-0.1, -0.05) is 18.2 Å². The first kappa shape index (κ1) is 17.0. The maximum absolute atomic E-state index is 12.5. The van der Waals surface area contributed by atoms with Gasteiger partial charge in [0.2, 0.25) is 0 Å². The normalized spacial score (nSPS) is 17.3. The van der Waals surface area contributed by atoms with Gasteiger partial charge in [-0.05, 0) is 37.1 Å². The maximum atomic E-state index is 12.5. The molecule has 2 aromatic rings. The van der Waals surface area contributed by atoms with Gasteiger partial charge in [0, 0.05) is 24.8 Å². The number of benzene rings is 1. The van der Waals surface area contributed by atoms with Crippen LogP contribution in [0.4, 0.5) is 0 Å². The molecule has 0 spiro atoms. The highest BCUT2D eigenvalue weighted by atomic mass is 16.5. The lowest BCUT2D eigenvalue weighted by molar-refractivity contribution is -0.118. The van der Waals surface area contributed by atoms with E-state index in [1.54, 1.807) is 36.4 Å². The van der Waals surface area contributed by atoms with Crippen molar-refractivity contribution < 1.29 is 18.7 Å². The zero-order chi connectivity index (χ0) is 17.5. The van der Waals surface area contributed by atoms with Crippen LogP contribution in [0.5, 0.6) is 0 Å². The van der Waals surface area contributed by atoms with Gasteiger partial charge in [-0.3, -0.25) is 9.59 Å². The average molecular weight is 340 g/mol. The molecule has 1 atom stereocenters. The van der Waals surface area contributed by atoms with E-state index in [4.69, 9.17) is 9.15 Å². The van der Waals surface area contributed by atoms with Crippen LogP contribution < -0.4 is 10.6 Å². The fourth-order valence-electron chi connectivity index (χ4n) is 2.57. The highest BCUT2D eigenvalue weighted by molar-refractivity contribution is 6.05. The van der Waals surface area contributed by atoms with Crippen molar-refractivity contribution in [2.24, 2.45) is 0 Å². The van der Waals surface area contributed by atoms with Crippen molar-refractivity contribution in [3.63, 3.8) is 0 Å². The van der Waals surface area contributed by atoms with Crippen molar-refractivity contribution in [2.45, 2.75) is 18.9 Å². The van der Waals surface area contributed by atoms with E-state index in [1.807, 2.05) is 6.07 Å². The molecule has 0 aliphatic carbocycles. The van der Waals surface area contributed by atoms with E-state index < -0.39 is 0 Å². The summed E-state index contributed by atoms with van der Waals surface area (Å²) >= 11 is 0. The Labute approximate surface area is 145 Å². The van der Waals surface area contributed by atoms with E-state index >= 15 is 0 Å². The number of nitrogens with one attached hydrogen (secondary N) is 2. The van der Waals surface area contributed by atoms with Gasteiger partial charge in [-0.15, -0.1) is 0 Å². The number of amides is 2. The molecule has 0 saturated carbocycles. The zero-order valence-corrected chi connectivity index (χ0v) is 13.7. The lowest BCUT2D eigenvalue weighted by Gasteiger charge is -2.13. The van der Waals surface area contributed by atoms with Gasteiger partial charge >= 0.3 is 0 Å². The fourth-order valence-corrected chi connectivity index (χ4v) is 2.57. The number of furan rings is 1. The molecule has 3 rings (SSSR count). The number of hydrogen-bond donors (Lipinski definition) is 2. The number of carbonyl (C=O) groups is 2. The van der Waals surface area contributed by atoms with Crippen molar-refractivity contribution >= 4 is 17.9 Å². The molecule has 0 unspecified atom stereocenters. The van der Waals surface area contributed by atoms with E-state index in [-0.39, 0.29) is 23.6 Å². The first-order valence-corrected chi connectivity index (χ1v) is 8.24. The number of hydrogen-bond acceptors (Lipinski definition) is 4. The highest BCUT2D eigenvalue weighted by Crippen LogP contribution is 2.11. The zero-order valence-electron chi connectivity index (χ0n) is 13.7. The van der Waals surface area contributed by atoms with Gasteiger partial charge in [-0.2, -0.15) is 0 Å². The second-order valence-electron chi connectivity index (χ2n) is 5.74. The Kier molecular flexibility index (Phi) is 5.64. The van der Waals surface area contributed by atoms with Crippen LogP contribution in [-0.4, -0.2) is 31.1 Å². The van der Waals surface area contributed by atoms with Gasteiger partial charge in [0.05, 0.1) is 12.4 Å². The highest BCUT2D eigenvalue weighted by Gasteiger charge is 2.19. The molecule has 6 nitrogen and oxygen atoms in total. The molecule has 1 aromatic heterocycles. The Hall–Kier alpha value is -2.86. The Morgan fingerprint density at radius 1 is 1.16 bits per heavy atom. The van der Waals surface area contributed by atoms with Crippen LogP contribution in [0, 0.1) is 0 Å². The summed E-state index contributed by atoms with van der Waals surface area (Å²) in [5.41, 5.74) is 0.599. The molecule has 2 N–H and O–H groups in total. The van der Waals surface area contributed by atoms with Crippen LogP contribution in [0.25, 0.3) is 6.08 Å². The predicted octanol–water partition coefficient (Wildman–Crippen LogP) is 2.35. The largest absolute Gasteiger partial charge is 0.465 e. The van der Waals surface area contributed by atoms with E-state index in [0.29, 0.717) is 17.9 Å². The summed E-state index contributed by atoms with van der Waals surface area (Å²) in [4.78, 5) is 24.9. The lowest BCUT2D eigenvalue weighted by Crippen LogP contribution is -2.38. The molecule has 2 amide bonds. The summed E-state index contributed by atoms with van der Waals surface area (Å²) in [7, 11) is 0. The Balaban J connectivity index is 1.70. The quantitative estimate of drug-likeness (QED) is 0.791. The minimum absolute atomic E-state index is 0.0265. The van der Waals surface area contributed by atoms with Crippen LogP contribution in [-0.2, 0) is 9.53 Å². The molecule has 1 aliphatic heterocycles. The average Bonchev–Trinajstić information content (AvgIpc) is 3.33. The third kappa shape index (κ3) is 4.81. The summed E-state index contributed by atoms with van der Waals surface area (Å²) in [5, 5.41) is 5.46. The molecule has 0 radical (unpaired) electrons. The van der Waals surface area contributed by atoms with Gasteiger partial charge < -0.3 is 19.8 Å². The second kappa shape index (κ2) is 8.30. The second-order valence-corrected chi connectivity index (χ2v) is 5.74. The van der Waals surface area contributed by atoms with Gasteiger partial charge in [-0.25, -0.2) is 0 Å². The maximum Gasteiger partial charge on any atom is 0.268 e. The van der Waals surface area contributed by atoms with E-state index in [2.05, 4.69) is 10.6 Å². The Morgan fingerprint density at radius 2 is 2.00 bits per heavy atom. The molecule has 2 heterocycles. The van der Waals surface area contributed by atoms with E-state index in [1.165, 1.54) is 12.3 Å². The third-order valence-electron chi connectivity index (χ3n) is 3.87. The number of rotatable bonds is 6. The van der Waals surface area contributed by atoms with Gasteiger partial charge in [0.25, 0.3) is 11.8 Å². The van der Waals surface area contributed by atoms with Crippen molar-refractivity contribution in [2.75, 3.05) is 13.2 Å². The SMILES string of the molecule is O=C(NC[C@@H]1CCCO1)/C(=C\c1ccco1)NC(=O)c1ccccc1. The van der Waals surface area contributed by atoms with Crippen LogP contribution in [0.15, 0.2) is 58.8 Å². The molecule has 25 heavy (non-hydrogen) atoms. The van der Waals surface area contributed by atoms with Crippen molar-refractivity contribution in [1.29, 1.82) is 0 Å². The Bertz CT molecular complexity index is 732. The molecule has 1 saturated heterocycles. The summed E-state index contributed by atoms with van der Waals surface area (Å²) in [6.07, 6.45) is 4.96. The molecule has 6 heteroatoms. The summed E-state index contributed by atoms with van der Waals surface area (Å²) in [6.45, 7) is 1.13. The summed E-state index contributed by atoms with van der Waals surface area (Å²) in [5.74, 6) is -0.252. The molecule has 1 aromatic carbocycles. The molecular weight excluding hydrogens is 320 g/mol. The van der Waals surface area contributed by atoms with Crippen LogP contribution in [0.3, 0.4) is 0 Å². The monoisotopic (exact) mass is 340 g/mol. The molecule has 0 bridgehead atoms. The van der Waals surface area contributed by atoms with E-state index in [9.17, 15) is 9.59 Å².